The van der Waals surface area contributed by atoms with Crippen LogP contribution in [0.25, 0.3) is 11.0 Å². The second-order valence-corrected chi connectivity index (χ2v) is 12.2. The van der Waals surface area contributed by atoms with Crippen molar-refractivity contribution in [1.82, 2.24) is 14.5 Å². The van der Waals surface area contributed by atoms with Crippen LogP contribution in [0, 0.1) is 0 Å². The quantitative estimate of drug-likeness (QED) is 0.0406. The Kier molecular flexibility index (Phi) is 16.0. The molecule has 0 spiro atoms. The van der Waals surface area contributed by atoms with Gasteiger partial charge >= 0.3 is 6.09 Å². The zero-order valence-electron chi connectivity index (χ0n) is 30.5. The third-order valence-electron chi connectivity index (χ3n) is 8.74. The molecule has 0 saturated heterocycles. The maximum Gasteiger partial charge on any atom is 0.414 e. The first-order chi connectivity index (χ1) is 27.2. The Morgan fingerprint density at radius 1 is 0.696 bits per heavy atom. The molecule has 18 nitrogen and oxygen atoms in total. The van der Waals surface area contributed by atoms with E-state index in [0.29, 0.717) is 69.5 Å². The SMILES string of the molecule is COc1c(OC=O)cccc1C(=O)N(CCCCCCN(C(=O)O)C(=O)c1cccc(OC=O)c1OC=O)CCCCCCn1oc2c(OO)cccc2c1=O. The lowest BCUT2D eigenvalue weighted by Gasteiger charge is -2.24. The fourth-order valence-electron chi connectivity index (χ4n) is 6.07. The molecule has 298 valence electrons. The smallest absolute Gasteiger partial charge is 0.414 e. The molecule has 0 aliphatic carbocycles. The van der Waals surface area contributed by atoms with Gasteiger partial charge < -0.3 is 38.4 Å². The molecule has 0 radical (unpaired) electrons. The van der Waals surface area contributed by atoms with E-state index >= 15 is 0 Å². The van der Waals surface area contributed by atoms with Crippen LogP contribution >= 0.6 is 0 Å². The van der Waals surface area contributed by atoms with E-state index in [1.54, 1.807) is 29.2 Å². The molecule has 4 aromatic rings. The van der Waals surface area contributed by atoms with Gasteiger partial charge in [-0.05, 0) is 62.1 Å². The van der Waals surface area contributed by atoms with Crippen molar-refractivity contribution in [3.05, 3.63) is 76.1 Å². The molecule has 0 unspecified atom stereocenters. The Hall–Kier alpha value is -6.69. The number of nitrogens with zero attached hydrogens (tertiary/aromatic N) is 3. The number of amides is 3. The van der Waals surface area contributed by atoms with Gasteiger partial charge in [0.15, 0.2) is 23.0 Å². The third kappa shape index (κ3) is 10.5. The van der Waals surface area contributed by atoms with Gasteiger partial charge in [-0.2, -0.15) is 4.74 Å². The number of unbranched alkanes of at least 4 members (excludes halogenated alkanes) is 6. The van der Waals surface area contributed by atoms with Crippen molar-refractivity contribution < 1.29 is 67.5 Å². The highest BCUT2D eigenvalue weighted by Gasteiger charge is 2.27. The fraction of sp³-hybridized carbons (Fsp3) is 0.342. The molecule has 0 saturated carbocycles. The minimum Gasteiger partial charge on any atom is -0.492 e. The van der Waals surface area contributed by atoms with E-state index in [0.717, 1.165) is 0 Å². The highest BCUT2D eigenvalue weighted by atomic mass is 17.1. The second kappa shape index (κ2) is 21.3. The van der Waals surface area contributed by atoms with Crippen molar-refractivity contribution >= 4 is 48.3 Å². The van der Waals surface area contributed by atoms with E-state index in [1.807, 2.05) is 0 Å². The van der Waals surface area contributed by atoms with Crippen LogP contribution in [0.4, 0.5) is 4.79 Å². The van der Waals surface area contributed by atoms with Gasteiger partial charge in [-0.25, -0.2) is 15.0 Å². The number of carboxylic acid groups (broad SMARTS) is 1. The van der Waals surface area contributed by atoms with Crippen LogP contribution in [0.5, 0.6) is 28.7 Å². The van der Waals surface area contributed by atoms with Gasteiger partial charge in [0.05, 0.1) is 30.2 Å². The Morgan fingerprint density at radius 2 is 1.23 bits per heavy atom. The molecule has 0 atom stereocenters. The number of aryl methyl sites for hydroxylation is 1. The number of aromatic nitrogens is 1. The summed E-state index contributed by atoms with van der Waals surface area (Å²) in [6, 6.07) is 13.1. The van der Waals surface area contributed by atoms with Gasteiger partial charge in [-0.1, -0.05) is 43.9 Å². The van der Waals surface area contributed by atoms with Gasteiger partial charge in [0.2, 0.25) is 11.3 Å². The topological polar surface area (TPSA) is 231 Å². The maximum atomic E-state index is 13.8. The van der Waals surface area contributed by atoms with Gasteiger partial charge in [-0.3, -0.25) is 28.8 Å². The van der Waals surface area contributed by atoms with Crippen LogP contribution in [-0.2, 0) is 20.9 Å². The number of hydrogen-bond acceptors (Lipinski definition) is 14. The number of carbonyl (C=O) groups is 6. The van der Waals surface area contributed by atoms with Gasteiger partial charge in [-0.15, -0.1) is 0 Å². The van der Waals surface area contributed by atoms with Crippen LogP contribution in [0.2, 0.25) is 0 Å². The monoisotopic (exact) mass is 779 g/mol. The first kappa shape index (κ1) is 42.1. The average Bonchev–Trinajstić information content (AvgIpc) is 3.52. The fourth-order valence-corrected chi connectivity index (χ4v) is 6.07. The van der Waals surface area contributed by atoms with Crippen LogP contribution in [0.3, 0.4) is 0 Å². The van der Waals surface area contributed by atoms with Crippen molar-refractivity contribution in [2.75, 3.05) is 26.7 Å². The summed E-state index contributed by atoms with van der Waals surface area (Å²) in [5.74, 6) is -1.76. The zero-order valence-corrected chi connectivity index (χ0v) is 30.5. The molecule has 56 heavy (non-hydrogen) atoms. The number of para-hydroxylation sites is 3. The largest absolute Gasteiger partial charge is 0.492 e. The number of imide groups is 1. The van der Waals surface area contributed by atoms with Crippen molar-refractivity contribution in [2.24, 2.45) is 0 Å². The van der Waals surface area contributed by atoms with Gasteiger partial charge in [0, 0.05) is 19.6 Å². The Bertz CT molecular complexity index is 2060. The average molecular weight is 780 g/mol. The molecule has 1 aromatic heterocycles. The normalized spacial score (nSPS) is 10.7. The molecule has 3 amide bonds. The van der Waals surface area contributed by atoms with E-state index in [2.05, 4.69) is 4.89 Å². The highest BCUT2D eigenvalue weighted by molar-refractivity contribution is 6.05. The lowest BCUT2D eigenvalue weighted by Crippen LogP contribution is -2.37. The summed E-state index contributed by atoms with van der Waals surface area (Å²) in [6.45, 7) is 1.12. The summed E-state index contributed by atoms with van der Waals surface area (Å²) in [7, 11) is 1.36. The van der Waals surface area contributed by atoms with Gasteiger partial charge in [0.25, 0.3) is 36.8 Å². The van der Waals surface area contributed by atoms with Crippen LogP contribution in [0.1, 0.15) is 72.1 Å². The molecule has 0 aliphatic rings. The van der Waals surface area contributed by atoms with Crippen LogP contribution in [-0.4, -0.2) is 89.0 Å². The van der Waals surface area contributed by atoms with E-state index < -0.39 is 17.7 Å². The number of benzene rings is 3. The van der Waals surface area contributed by atoms with Crippen molar-refractivity contribution in [3.8, 4) is 28.7 Å². The standard InChI is InChI=1S/C38H41N3O15/c1-51-32-26(13-10-16-29(32)52-23-42)35(45)39(20-7-3-5-9-22-41-37(47)28-15-12-18-31(56-50)34(28)55-41)19-6-2-4-8-21-40(38(48)49)36(46)27-14-11-17-30(53-24-43)33(27)54-25-44/h10-18,23-25,50H,2-9,19-22H2,1H3,(H,48,49). The molecule has 0 bridgehead atoms. The van der Waals surface area contributed by atoms with Crippen molar-refractivity contribution in [3.63, 3.8) is 0 Å². The maximum absolute atomic E-state index is 13.8. The van der Waals surface area contributed by atoms with E-state index in [1.165, 1.54) is 42.2 Å². The second-order valence-electron chi connectivity index (χ2n) is 12.2. The lowest BCUT2D eigenvalue weighted by atomic mass is 10.1. The predicted octanol–water partition coefficient (Wildman–Crippen LogP) is 5.14. The number of fused-ring (bicyclic) bond motifs is 1. The lowest BCUT2D eigenvalue weighted by molar-refractivity contribution is -0.137. The Morgan fingerprint density at radius 3 is 1.80 bits per heavy atom. The van der Waals surface area contributed by atoms with Gasteiger partial charge in [0.1, 0.15) is 0 Å². The molecule has 1 heterocycles. The summed E-state index contributed by atoms with van der Waals surface area (Å²) < 4.78 is 26.8. The Labute approximate surface area is 319 Å². The molecule has 2 N–H and O–H groups in total. The number of methoxy groups -OCH3 is 1. The summed E-state index contributed by atoms with van der Waals surface area (Å²) in [5, 5.41) is 19.1. The molecule has 3 aromatic carbocycles. The summed E-state index contributed by atoms with van der Waals surface area (Å²) in [4.78, 5) is 91.3. The minimum atomic E-state index is -1.53. The molecule has 18 heteroatoms. The van der Waals surface area contributed by atoms with Crippen LogP contribution in [0.15, 0.2) is 63.9 Å². The predicted molar refractivity (Wildman–Crippen MR) is 195 cm³/mol. The first-order valence-electron chi connectivity index (χ1n) is 17.6. The number of carbonyl (C=O) groups excluding carboxylic acids is 5. The molecular weight excluding hydrogens is 738 g/mol. The number of ether oxygens (including phenoxy) is 4. The minimum absolute atomic E-state index is 0.0216. The zero-order chi connectivity index (χ0) is 40.5. The summed E-state index contributed by atoms with van der Waals surface area (Å²) in [5.41, 5.74) is -0.297. The first-order valence-corrected chi connectivity index (χ1v) is 17.6. The molecule has 0 fully saturated rings. The van der Waals surface area contributed by atoms with Crippen molar-refractivity contribution in [2.45, 2.75) is 57.9 Å². The van der Waals surface area contributed by atoms with E-state index in [-0.39, 0.29) is 88.9 Å². The summed E-state index contributed by atoms with van der Waals surface area (Å²) in [6.07, 6.45) is 2.95. The van der Waals surface area contributed by atoms with E-state index in [9.17, 15) is 38.7 Å². The third-order valence-corrected chi connectivity index (χ3v) is 8.74. The van der Waals surface area contributed by atoms with Crippen LogP contribution < -0.4 is 29.4 Å². The number of hydrogen-bond donors (Lipinski definition) is 2. The molecule has 4 rings (SSSR count). The highest BCUT2D eigenvalue weighted by Crippen LogP contribution is 2.33. The Balaban J connectivity index is 1.35. The van der Waals surface area contributed by atoms with E-state index in [4.69, 9.17) is 28.7 Å². The van der Waals surface area contributed by atoms with Crippen molar-refractivity contribution in [1.29, 1.82) is 0 Å². The molecular formula is C38H41N3O15. The molecule has 0 aliphatic heterocycles. The number of rotatable bonds is 24. The summed E-state index contributed by atoms with van der Waals surface area (Å²) >= 11 is 0.